The third-order valence-corrected chi connectivity index (χ3v) is 6.23. The first-order valence-corrected chi connectivity index (χ1v) is 8.87. The van der Waals surface area contributed by atoms with E-state index < -0.39 is 0 Å². The van der Waals surface area contributed by atoms with E-state index in [1.807, 2.05) is 0 Å². The molecule has 3 heteroatoms. The third kappa shape index (κ3) is 3.05. The molecule has 0 amide bonds. The van der Waals surface area contributed by atoms with Crippen LogP contribution in [0.5, 0.6) is 0 Å². The highest BCUT2D eigenvalue weighted by molar-refractivity contribution is 4.95. The van der Waals surface area contributed by atoms with Gasteiger partial charge in [0.1, 0.15) is 0 Å². The summed E-state index contributed by atoms with van der Waals surface area (Å²) in [5.41, 5.74) is 0. The SMILES string of the molecule is CCN1CCC(NC2CC3CCCC(C2)N3C)C(C)C1. The summed E-state index contributed by atoms with van der Waals surface area (Å²) >= 11 is 0. The minimum atomic E-state index is 0.756. The molecule has 3 heterocycles. The molecule has 3 aliphatic rings. The molecular formula is C17H33N3. The molecule has 1 N–H and O–H groups in total. The van der Waals surface area contributed by atoms with Gasteiger partial charge in [-0.05, 0) is 58.2 Å². The van der Waals surface area contributed by atoms with Crippen LogP contribution in [0.4, 0.5) is 0 Å². The van der Waals surface area contributed by atoms with Gasteiger partial charge >= 0.3 is 0 Å². The van der Waals surface area contributed by atoms with Gasteiger partial charge in [0, 0.05) is 30.7 Å². The van der Waals surface area contributed by atoms with Crippen molar-refractivity contribution in [3.05, 3.63) is 0 Å². The second-order valence-electron chi connectivity index (χ2n) is 7.50. The molecule has 3 aliphatic heterocycles. The lowest BCUT2D eigenvalue weighted by atomic mass is 9.81. The predicted molar refractivity (Wildman–Crippen MR) is 85.0 cm³/mol. The number of fused-ring (bicyclic) bond motifs is 2. The topological polar surface area (TPSA) is 18.5 Å². The average Bonchev–Trinajstić information content (AvgIpc) is 2.42. The Bertz CT molecular complexity index is 305. The molecule has 0 aliphatic carbocycles. The first-order chi connectivity index (χ1) is 9.67. The Morgan fingerprint density at radius 3 is 2.40 bits per heavy atom. The molecular weight excluding hydrogens is 246 g/mol. The van der Waals surface area contributed by atoms with Crippen LogP contribution >= 0.6 is 0 Å². The molecule has 0 aromatic rings. The van der Waals surface area contributed by atoms with Crippen LogP contribution in [-0.4, -0.2) is 60.6 Å². The number of rotatable bonds is 3. The predicted octanol–water partition coefficient (Wildman–Crippen LogP) is 2.32. The summed E-state index contributed by atoms with van der Waals surface area (Å²) in [7, 11) is 2.35. The van der Waals surface area contributed by atoms with Gasteiger partial charge in [-0.3, -0.25) is 0 Å². The van der Waals surface area contributed by atoms with Crippen molar-refractivity contribution in [1.29, 1.82) is 0 Å². The largest absolute Gasteiger partial charge is 0.311 e. The Morgan fingerprint density at radius 2 is 1.80 bits per heavy atom. The molecule has 2 bridgehead atoms. The van der Waals surface area contributed by atoms with Gasteiger partial charge in [-0.25, -0.2) is 0 Å². The molecule has 0 radical (unpaired) electrons. The van der Waals surface area contributed by atoms with Crippen molar-refractivity contribution in [2.24, 2.45) is 5.92 Å². The van der Waals surface area contributed by atoms with Crippen molar-refractivity contribution < 1.29 is 0 Å². The van der Waals surface area contributed by atoms with Crippen molar-refractivity contribution in [2.75, 3.05) is 26.7 Å². The van der Waals surface area contributed by atoms with E-state index in [9.17, 15) is 0 Å². The fourth-order valence-corrected chi connectivity index (χ4v) is 4.82. The molecule has 0 aromatic heterocycles. The summed E-state index contributed by atoms with van der Waals surface area (Å²) in [5, 5.41) is 4.05. The number of hydrogen-bond acceptors (Lipinski definition) is 3. The molecule has 0 saturated carbocycles. The van der Waals surface area contributed by atoms with Crippen LogP contribution in [0.25, 0.3) is 0 Å². The molecule has 4 atom stereocenters. The van der Waals surface area contributed by atoms with Gasteiger partial charge in [-0.1, -0.05) is 20.3 Å². The zero-order chi connectivity index (χ0) is 14.1. The lowest BCUT2D eigenvalue weighted by Crippen LogP contribution is -2.58. The van der Waals surface area contributed by atoms with Crippen LogP contribution in [0.1, 0.15) is 52.4 Å². The molecule has 0 aromatic carbocycles. The van der Waals surface area contributed by atoms with Gasteiger partial charge in [0.25, 0.3) is 0 Å². The number of piperidine rings is 3. The zero-order valence-electron chi connectivity index (χ0n) is 13.6. The van der Waals surface area contributed by atoms with Gasteiger partial charge in [0.15, 0.2) is 0 Å². The first-order valence-electron chi connectivity index (χ1n) is 8.87. The molecule has 0 spiro atoms. The van der Waals surface area contributed by atoms with E-state index in [1.54, 1.807) is 0 Å². The highest BCUT2D eigenvalue weighted by Crippen LogP contribution is 2.33. The Labute approximate surface area is 125 Å². The molecule has 3 nitrogen and oxygen atoms in total. The van der Waals surface area contributed by atoms with E-state index in [-0.39, 0.29) is 0 Å². The fraction of sp³-hybridized carbons (Fsp3) is 1.00. The van der Waals surface area contributed by atoms with Gasteiger partial charge in [0.05, 0.1) is 0 Å². The molecule has 3 saturated heterocycles. The Kier molecular flexibility index (Phi) is 4.68. The summed E-state index contributed by atoms with van der Waals surface area (Å²) < 4.78 is 0. The van der Waals surface area contributed by atoms with E-state index in [2.05, 4.69) is 36.0 Å². The molecule has 4 unspecified atom stereocenters. The maximum atomic E-state index is 4.05. The highest BCUT2D eigenvalue weighted by atomic mass is 15.2. The van der Waals surface area contributed by atoms with E-state index in [4.69, 9.17) is 0 Å². The average molecular weight is 279 g/mol. The lowest BCUT2D eigenvalue weighted by Gasteiger charge is -2.49. The molecule has 116 valence electrons. The van der Waals surface area contributed by atoms with Crippen molar-refractivity contribution >= 4 is 0 Å². The smallest absolute Gasteiger partial charge is 0.0120 e. The molecule has 3 rings (SSSR count). The van der Waals surface area contributed by atoms with Crippen LogP contribution in [0.3, 0.4) is 0 Å². The van der Waals surface area contributed by atoms with Crippen molar-refractivity contribution in [3.8, 4) is 0 Å². The fourth-order valence-electron chi connectivity index (χ4n) is 4.82. The standard InChI is InChI=1S/C17H33N3/c1-4-20-9-8-17(13(2)12-20)18-14-10-15-6-5-7-16(11-14)19(15)3/h13-18H,4-12H2,1-3H3. The summed E-state index contributed by atoms with van der Waals surface area (Å²) in [6.07, 6.45) is 8.42. The van der Waals surface area contributed by atoms with Crippen molar-refractivity contribution in [3.63, 3.8) is 0 Å². The number of likely N-dealkylation sites (tertiary alicyclic amines) is 1. The van der Waals surface area contributed by atoms with Gasteiger partial charge in [-0.2, -0.15) is 0 Å². The number of hydrogen-bond donors (Lipinski definition) is 1. The monoisotopic (exact) mass is 279 g/mol. The Balaban J connectivity index is 1.53. The highest BCUT2D eigenvalue weighted by Gasteiger charge is 2.37. The summed E-state index contributed by atoms with van der Waals surface area (Å²) in [6.45, 7) is 8.52. The second kappa shape index (κ2) is 6.33. The van der Waals surface area contributed by atoms with Crippen molar-refractivity contribution in [1.82, 2.24) is 15.1 Å². The maximum Gasteiger partial charge on any atom is 0.0120 e. The zero-order valence-corrected chi connectivity index (χ0v) is 13.6. The quantitative estimate of drug-likeness (QED) is 0.855. The first kappa shape index (κ1) is 14.8. The summed E-state index contributed by atoms with van der Waals surface area (Å²) in [6, 6.07) is 3.24. The van der Waals surface area contributed by atoms with Gasteiger partial charge < -0.3 is 15.1 Å². The third-order valence-electron chi connectivity index (χ3n) is 6.23. The van der Waals surface area contributed by atoms with E-state index in [0.717, 1.165) is 30.1 Å². The van der Waals surface area contributed by atoms with Crippen LogP contribution in [0.15, 0.2) is 0 Å². The normalized spacial score (nSPS) is 43.6. The van der Waals surface area contributed by atoms with Crippen molar-refractivity contribution in [2.45, 2.75) is 76.5 Å². The Morgan fingerprint density at radius 1 is 1.10 bits per heavy atom. The van der Waals surface area contributed by atoms with Gasteiger partial charge in [0.2, 0.25) is 0 Å². The van der Waals surface area contributed by atoms with Crippen LogP contribution in [-0.2, 0) is 0 Å². The minimum absolute atomic E-state index is 0.756. The number of nitrogens with zero attached hydrogens (tertiary/aromatic N) is 2. The molecule has 3 fully saturated rings. The maximum absolute atomic E-state index is 4.05. The van der Waals surface area contributed by atoms with Crippen LogP contribution < -0.4 is 5.32 Å². The summed E-state index contributed by atoms with van der Waals surface area (Å²) in [5.74, 6) is 0.809. The summed E-state index contributed by atoms with van der Waals surface area (Å²) in [4.78, 5) is 5.27. The number of nitrogens with one attached hydrogen (secondary N) is 1. The lowest BCUT2D eigenvalue weighted by molar-refractivity contribution is 0.0387. The van der Waals surface area contributed by atoms with E-state index in [1.165, 1.54) is 58.2 Å². The van der Waals surface area contributed by atoms with Crippen LogP contribution in [0, 0.1) is 5.92 Å². The second-order valence-corrected chi connectivity index (χ2v) is 7.50. The van der Waals surface area contributed by atoms with E-state index >= 15 is 0 Å². The molecule has 20 heavy (non-hydrogen) atoms. The van der Waals surface area contributed by atoms with Crippen LogP contribution in [0.2, 0.25) is 0 Å². The minimum Gasteiger partial charge on any atom is -0.311 e. The van der Waals surface area contributed by atoms with E-state index in [0.29, 0.717) is 0 Å². The van der Waals surface area contributed by atoms with Gasteiger partial charge in [-0.15, -0.1) is 0 Å². The Hall–Kier alpha value is -0.120.